The lowest BCUT2D eigenvalue weighted by atomic mass is 9.77. The van der Waals surface area contributed by atoms with Crippen LogP contribution in [-0.2, 0) is 27.2 Å². The Balaban J connectivity index is 0.000000196. The van der Waals surface area contributed by atoms with Crippen molar-refractivity contribution in [3.63, 3.8) is 0 Å². The molecule has 0 saturated carbocycles. The summed E-state index contributed by atoms with van der Waals surface area (Å²) in [4.78, 5) is 25.1. The van der Waals surface area contributed by atoms with Gasteiger partial charge in [0.2, 0.25) is 11.9 Å². The lowest BCUT2D eigenvalue weighted by Gasteiger charge is -2.32. The maximum Gasteiger partial charge on any atom is 0.494 e. The van der Waals surface area contributed by atoms with E-state index >= 15 is 0 Å². The van der Waals surface area contributed by atoms with Crippen molar-refractivity contribution in [2.75, 3.05) is 0 Å². The van der Waals surface area contributed by atoms with Crippen LogP contribution in [0.2, 0.25) is 0 Å². The number of carbonyl (C=O) groups is 1. The Morgan fingerprint density at radius 2 is 1.19 bits per heavy atom. The molecule has 7 rings (SSSR count). The van der Waals surface area contributed by atoms with Gasteiger partial charge in [0, 0.05) is 53.7 Å². The van der Waals surface area contributed by atoms with Crippen LogP contribution in [0.5, 0.6) is 5.75 Å². The van der Waals surface area contributed by atoms with Crippen LogP contribution in [0.4, 0.5) is 8.78 Å². The van der Waals surface area contributed by atoms with E-state index in [1.54, 1.807) is 24.3 Å². The van der Waals surface area contributed by atoms with Gasteiger partial charge in [0.25, 0.3) is 5.97 Å². The van der Waals surface area contributed by atoms with Crippen molar-refractivity contribution in [3.05, 3.63) is 118 Å². The molecular formula is C34H35BF2N4O7. The van der Waals surface area contributed by atoms with Crippen LogP contribution in [0, 0.1) is 11.9 Å². The zero-order chi connectivity index (χ0) is 35.2. The van der Waals surface area contributed by atoms with Crippen molar-refractivity contribution in [1.82, 2.24) is 9.97 Å². The summed E-state index contributed by atoms with van der Waals surface area (Å²) in [5, 5.41) is 28.9. The number of aromatic nitrogens is 2. The van der Waals surface area contributed by atoms with E-state index in [0.717, 1.165) is 45.9 Å². The molecule has 250 valence electrons. The first kappa shape index (κ1) is 36.0. The fourth-order valence-corrected chi connectivity index (χ4v) is 5.09. The van der Waals surface area contributed by atoms with Gasteiger partial charge in [-0.1, -0.05) is 24.3 Å². The van der Waals surface area contributed by atoms with Crippen LogP contribution in [-0.4, -0.2) is 66.4 Å². The van der Waals surface area contributed by atoms with E-state index < -0.39 is 25.0 Å². The molecule has 0 unspecified atom stereocenters. The molecule has 0 spiro atoms. The fourth-order valence-electron chi connectivity index (χ4n) is 5.09. The number of aromatic hydroxyl groups is 1. The number of phenols is 1. The maximum atomic E-state index is 13.5. The number of benzene rings is 2. The number of hydrogen-bond donors (Lipinski definition) is 4. The van der Waals surface area contributed by atoms with Crippen molar-refractivity contribution in [1.29, 1.82) is 0 Å². The molecule has 0 radical (unpaired) electrons. The van der Waals surface area contributed by atoms with E-state index in [1.165, 1.54) is 24.5 Å². The molecular weight excluding hydrogens is 625 g/mol. The SMILES string of the molecule is CC(=O)O.CC1(C)OB(c2ccc3c(c2)C(c2ccnc(F)c2)=NC3)OC1(C)C.OO.Oc1ccc2c(c1)C(c1ccnc(F)c1)=NC2. The van der Waals surface area contributed by atoms with Crippen LogP contribution >= 0.6 is 0 Å². The number of nitrogens with zero attached hydrogens (tertiary/aromatic N) is 4. The van der Waals surface area contributed by atoms with Gasteiger partial charge in [0.05, 0.1) is 35.7 Å². The Hall–Kier alpha value is -4.89. The summed E-state index contributed by atoms with van der Waals surface area (Å²) in [6.07, 6.45) is 2.87. The van der Waals surface area contributed by atoms with Gasteiger partial charge in [-0.15, -0.1) is 0 Å². The second-order valence-electron chi connectivity index (χ2n) is 11.9. The third-order valence-corrected chi connectivity index (χ3v) is 8.08. The van der Waals surface area contributed by atoms with Gasteiger partial charge in [-0.05, 0) is 68.6 Å². The molecule has 14 heteroatoms. The molecule has 4 aromatic rings. The number of phenolic OH excluding ortho intramolecular Hbond substituents is 1. The summed E-state index contributed by atoms with van der Waals surface area (Å²) < 4.78 is 38.8. The Morgan fingerprint density at radius 1 is 0.750 bits per heavy atom. The molecule has 5 heterocycles. The molecule has 2 aromatic carbocycles. The number of halogens is 2. The summed E-state index contributed by atoms with van der Waals surface area (Å²) in [5.74, 6) is -1.68. The van der Waals surface area contributed by atoms with E-state index in [9.17, 15) is 13.9 Å². The average molecular weight is 660 g/mol. The first-order chi connectivity index (χ1) is 22.7. The van der Waals surface area contributed by atoms with Crippen LogP contribution in [0.3, 0.4) is 0 Å². The fraction of sp³-hybridized carbons (Fsp3) is 0.265. The number of carboxylic acids is 1. The first-order valence-corrected chi connectivity index (χ1v) is 14.8. The normalized spacial score (nSPS) is 16.1. The molecule has 0 aliphatic carbocycles. The maximum absolute atomic E-state index is 13.5. The standard InChI is InChI=1S/C19H20BFN2O2.C13H9FN2O.C2H4O2.H2O2/c1-18(2)19(3,4)25-20(24-18)14-6-5-13-11-23-17(15(13)10-14)12-7-8-22-16(21)9-12;14-12-5-8(3-4-15-12)13-11-6-10(17)2-1-9(11)7-16-13;1-2(3)4;1-2/h5-10H,11H2,1-4H3;1-6,17H,7H2;1H3,(H,3,4);1-2H. The largest absolute Gasteiger partial charge is 0.508 e. The van der Waals surface area contributed by atoms with Crippen molar-refractivity contribution in [2.24, 2.45) is 9.98 Å². The van der Waals surface area contributed by atoms with Crippen molar-refractivity contribution < 1.29 is 43.6 Å². The highest BCUT2D eigenvalue weighted by Crippen LogP contribution is 2.37. The van der Waals surface area contributed by atoms with Crippen LogP contribution in [0.1, 0.15) is 68.0 Å². The molecule has 0 bridgehead atoms. The number of aliphatic carboxylic acids is 1. The molecule has 3 aliphatic heterocycles. The summed E-state index contributed by atoms with van der Waals surface area (Å²) >= 11 is 0. The summed E-state index contributed by atoms with van der Waals surface area (Å²) in [7, 11) is -0.425. The minimum absolute atomic E-state index is 0.188. The number of fused-ring (bicyclic) bond motifs is 2. The van der Waals surface area contributed by atoms with E-state index in [2.05, 4.69) is 20.0 Å². The second-order valence-corrected chi connectivity index (χ2v) is 11.9. The third kappa shape index (κ3) is 8.15. The summed E-state index contributed by atoms with van der Waals surface area (Å²) in [5.41, 5.74) is 7.09. The van der Waals surface area contributed by atoms with Gasteiger partial charge >= 0.3 is 7.12 Å². The average Bonchev–Trinajstić information content (AvgIpc) is 3.71. The van der Waals surface area contributed by atoms with Crippen molar-refractivity contribution in [2.45, 2.75) is 58.9 Å². The van der Waals surface area contributed by atoms with Crippen molar-refractivity contribution in [3.8, 4) is 5.75 Å². The minimum Gasteiger partial charge on any atom is -0.508 e. The number of carboxylic acid groups (broad SMARTS) is 1. The molecule has 4 N–H and O–H groups in total. The lowest BCUT2D eigenvalue weighted by molar-refractivity contribution is -0.176. The van der Waals surface area contributed by atoms with E-state index in [1.807, 2.05) is 52.0 Å². The smallest absolute Gasteiger partial charge is 0.494 e. The second kappa shape index (κ2) is 14.9. The van der Waals surface area contributed by atoms with Crippen LogP contribution < -0.4 is 5.46 Å². The molecule has 48 heavy (non-hydrogen) atoms. The van der Waals surface area contributed by atoms with Gasteiger partial charge < -0.3 is 19.5 Å². The molecule has 1 saturated heterocycles. The number of hydrogen-bond acceptors (Lipinski definition) is 10. The van der Waals surface area contributed by atoms with Crippen LogP contribution in [0.25, 0.3) is 0 Å². The molecule has 3 aliphatic rings. The molecule has 0 atom stereocenters. The number of rotatable bonds is 3. The minimum atomic E-state index is -0.833. The van der Waals surface area contributed by atoms with Gasteiger partial charge in [-0.2, -0.15) is 8.78 Å². The highest BCUT2D eigenvalue weighted by molar-refractivity contribution is 6.62. The van der Waals surface area contributed by atoms with E-state index in [-0.39, 0.29) is 17.0 Å². The van der Waals surface area contributed by atoms with Gasteiger partial charge in [-0.25, -0.2) is 9.97 Å². The van der Waals surface area contributed by atoms with Gasteiger partial charge in [0.15, 0.2) is 0 Å². The zero-order valence-electron chi connectivity index (χ0n) is 27.0. The topological polar surface area (TPSA) is 167 Å². The Bertz CT molecular complexity index is 1850. The first-order valence-electron chi connectivity index (χ1n) is 14.8. The number of pyridine rings is 2. The highest BCUT2D eigenvalue weighted by Gasteiger charge is 2.51. The van der Waals surface area contributed by atoms with E-state index in [0.29, 0.717) is 24.4 Å². The van der Waals surface area contributed by atoms with Gasteiger partial charge in [-0.3, -0.25) is 25.3 Å². The quantitative estimate of drug-likeness (QED) is 0.0993. The lowest BCUT2D eigenvalue weighted by Crippen LogP contribution is -2.41. The summed E-state index contributed by atoms with van der Waals surface area (Å²) in [6.45, 7) is 10.4. The Kier molecular flexibility index (Phi) is 11.2. The molecule has 2 aromatic heterocycles. The molecule has 0 amide bonds. The van der Waals surface area contributed by atoms with Crippen molar-refractivity contribution >= 4 is 30.0 Å². The Morgan fingerprint density at radius 3 is 1.65 bits per heavy atom. The monoisotopic (exact) mass is 660 g/mol. The third-order valence-electron chi connectivity index (χ3n) is 8.08. The Labute approximate surface area is 276 Å². The molecule has 11 nitrogen and oxygen atoms in total. The van der Waals surface area contributed by atoms with Crippen LogP contribution in [0.15, 0.2) is 83.0 Å². The summed E-state index contributed by atoms with van der Waals surface area (Å²) in [6, 6.07) is 17.5. The van der Waals surface area contributed by atoms with Gasteiger partial charge in [0.1, 0.15) is 5.75 Å². The zero-order valence-corrected chi connectivity index (χ0v) is 27.0. The highest BCUT2D eigenvalue weighted by atomic mass is 19.1. The van der Waals surface area contributed by atoms with E-state index in [4.69, 9.17) is 29.7 Å². The molecule has 1 fully saturated rings. The number of aliphatic imine (C=N–C) groups is 2. The predicted octanol–water partition coefficient (Wildman–Crippen LogP) is 5.26. The predicted molar refractivity (Wildman–Crippen MR) is 176 cm³/mol.